The fraction of sp³-hybridized carbons (Fsp3) is 0.565. The quantitative estimate of drug-likeness (QED) is 0.517. The van der Waals surface area contributed by atoms with Crippen LogP contribution in [0.1, 0.15) is 46.5 Å². The van der Waals surface area contributed by atoms with Crippen molar-refractivity contribution < 1.29 is 19.1 Å². The van der Waals surface area contributed by atoms with E-state index in [-0.39, 0.29) is 42.9 Å². The SMILES string of the molecule is COc1cc2ncn(CC(=O)NCCC(=O)N[C@H](C)CCCC(C)C)c(=O)c2cc1OC. The second-order valence-corrected chi connectivity index (χ2v) is 8.30. The maximum Gasteiger partial charge on any atom is 0.261 e. The lowest BCUT2D eigenvalue weighted by Gasteiger charge is -2.15. The van der Waals surface area contributed by atoms with Crippen molar-refractivity contribution >= 4 is 22.7 Å². The van der Waals surface area contributed by atoms with Crippen molar-refractivity contribution in [3.05, 3.63) is 28.8 Å². The molecule has 0 fully saturated rings. The number of amides is 2. The third-order valence-corrected chi connectivity index (χ3v) is 5.14. The highest BCUT2D eigenvalue weighted by atomic mass is 16.5. The van der Waals surface area contributed by atoms with Crippen LogP contribution in [0.3, 0.4) is 0 Å². The van der Waals surface area contributed by atoms with E-state index in [4.69, 9.17) is 9.47 Å². The van der Waals surface area contributed by atoms with E-state index in [1.54, 1.807) is 12.1 Å². The van der Waals surface area contributed by atoms with Crippen LogP contribution in [0.25, 0.3) is 10.9 Å². The molecule has 176 valence electrons. The zero-order valence-corrected chi connectivity index (χ0v) is 19.6. The molecule has 1 heterocycles. The van der Waals surface area contributed by atoms with Gasteiger partial charge in [0, 0.05) is 25.1 Å². The number of methoxy groups -OCH3 is 2. The summed E-state index contributed by atoms with van der Waals surface area (Å²) in [4.78, 5) is 41.3. The maximum absolute atomic E-state index is 12.7. The number of rotatable bonds is 12. The molecule has 9 nitrogen and oxygen atoms in total. The molecule has 0 aliphatic carbocycles. The van der Waals surface area contributed by atoms with Gasteiger partial charge in [-0.15, -0.1) is 0 Å². The van der Waals surface area contributed by atoms with Crippen LogP contribution in [0.2, 0.25) is 0 Å². The minimum absolute atomic E-state index is 0.104. The minimum atomic E-state index is -0.369. The summed E-state index contributed by atoms with van der Waals surface area (Å²) < 4.78 is 11.7. The zero-order chi connectivity index (χ0) is 23.7. The van der Waals surface area contributed by atoms with Gasteiger partial charge in [0.25, 0.3) is 5.56 Å². The van der Waals surface area contributed by atoms with Crippen molar-refractivity contribution in [1.29, 1.82) is 0 Å². The van der Waals surface area contributed by atoms with Gasteiger partial charge in [-0.1, -0.05) is 26.7 Å². The third-order valence-electron chi connectivity index (χ3n) is 5.14. The van der Waals surface area contributed by atoms with Crippen LogP contribution < -0.4 is 25.7 Å². The summed E-state index contributed by atoms with van der Waals surface area (Å²) in [7, 11) is 2.98. The number of hydrogen-bond acceptors (Lipinski definition) is 6. The van der Waals surface area contributed by atoms with E-state index in [0.717, 1.165) is 19.3 Å². The predicted molar refractivity (Wildman–Crippen MR) is 123 cm³/mol. The Bertz CT molecular complexity index is 986. The summed E-state index contributed by atoms with van der Waals surface area (Å²) in [5.41, 5.74) is 0.0857. The van der Waals surface area contributed by atoms with Crippen LogP contribution >= 0.6 is 0 Å². The zero-order valence-electron chi connectivity index (χ0n) is 19.6. The van der Waals surface area contributed by atoms with Crippen molar-refractivity contribution in [1.82, 2.24) is 20.2 Å². The molecular formula is C23H34N4O5. The highest BCUT2D eigenvalue weighted by Crippen LogP contribution is 2.29. The monoisotopic (exact) mass is 446 g/mol. The van der Waals surface area contributed by atoms with Gasteiger partial charge in [-0.05, 0) is 25.3 Å². The first-order valence-electron chi connectivity index (χ1n) is 10.9. The van der Waals surface area contributed by atoms with E-state index < -0.39 is 0 Å². The average molecular weight is 447 g/mol. The van der Waals surface area contributed by atoms with Gasteiger partial charge in [0.05, 0.1) is 31.4 Å². The van der Waals surface area contributed by atoms with E-state index in [2.05, 4.69) is 29.5 Å². The first kappa shape index (κ1) is 25.2. The molecule has 1 aromatic carbocycles. The molecule has 0 aliphatic heterocycles. The topological polar surface area (TPSA) is 112 Å². The molecule has 1 aromatic heterocycles. The van der Waals surface area contributed by atoms with Gasteiger partial charge < -0.3 is 20.1 Å². The molecule has 0 radical (unpaired) electrons. The van der Waals surface area contributed by atoms with Crippen LogP contribution in [-0.4, -0.2) is 48.2 Å². The van der Waals surface area contributed by atoms with Crippen molar-refractivity contribution in [2.24, 2.45) is 5.92 Å². The summed E-state index contributed by atoms with van der Waals surface area (Å²) in [6.45, 7) is 6.36. The highest BCUT2D eigenvalue weighted by molar-refractivity contribution is 5.82. The van der Waals surface area contributed by atoms with Gasteiger partial charge in [-0.25, -0.2) is 4.98 Å². The van der Waals surface area contributed by atoms with Crippen molar-refractivity contribution in [3.63, 3.8) is 0 Å². The summed E-state index contributed by atoms with van der Waals surface area (Å²) in [6.07, 6.45) is 4.65. The second-order valence-electron chi connectivity index (χ2n) is 8.30. The molecule has 0 saturated heterocycles. The largest absolute Gasteiger partial charge is 0.493 e. The number of hydrogen-bond donors (Lipinski definition) is 2. The molecule has 9 heteroatoms. The number of ether oxygens (including phenoxy) is 2. The van der Waals surface area contributed by atoms with Gasteiger partial charge >= 0.3 is 0 Å². The van der Waals surface area contributed by atoms with Gasteiger partial charge in [0.15, 0.2) is 11.5 Å². The Labute approximate surface area is 188 Å². The van der Waals surface area contributed by atoms with Crippen molar-refractivity contribution in [2.75, 3.05) is 20.8 Å². The second kappa shape index (κ2) is 12.1. The molecule has 0 spiro atoms. The van der Waals surface area contributed by atoms with Crippen LogP contribution in [0, 0.1) is 5.92 Å². The molecule has 0 saturated carbocycles. The Balaban J connectivity index is 1.87. The van der Waals surface area contributed by atoms with Gasteiger partial charge in [-0.2, -0.15) is 0 Å². The molecule has 1 atom stereocenters. The van der Waals surface area contributed by atoms with Crippen molar-refractivity contribution in [3.8, 4) is 11.5 Å². The Hall–Kier alpha value is -3.10. The maximum atomic E-state index is 12.7. The van der Waals surface area contributed by atoms with Crippen molar-refractivity contribution in [2.45, 2.75) is 59.0 Å². The lowest BCUT2D eigenvalue weighted by molar-refractivity contribution is -0.123. The van der Waals surface area contributed by atoms with E-state index >= 15 is 0 Å². The first-order valence-corrected chi connectivity index (χ1v) is 10.9. The molecule has 0 aliphatic rings. The van der Waals surface area contributed by atoms with E-state index in [1.165, 1.54) is 25.1 Å². The first-order chi connectivity index (χ1) is 15.2. The van der Waals surface area contributed by atoms with Crippen LogP contribution in [0.15, 0.2) is 23.3 Å². The van der Waals surface area contributed by atoms with E-state index in [0.29, 0.717) is 28.3 Å². The van der Waals surface area contributed by atoms with Gasteiger partial charge in [0.1, 0.15) is 6.54 Å². The van der Waals surface area contributed by atoms with Crippen LogP contribution in [0.5, 0.6) is 11.5 Å². The van der Waals surface area contributed by atoms with E-state index in [9.17, 15) is 14.4 Å². The molecule has 0 bridgehead atoms. The molecule has 2 aromatic rings. The Morgan fingerprint density at radius 1 is 1.06 bits per heavy atom. The molecular weight excluding hydrogens is 412 g/mol. The van der Waals surface area contributed by atoms with Crippen LogP contribution in [-0.2, 0) is 16.1 Å². The number of nitrogens with one attached hydrogen (secondary N) is 2. The predicted octanol–water partition coefficient (Wildman–Crippen LogP) is 2.25. The number of benzene rings is 1. The fourth-order valence-electron chi connectivity index (χ4n) is 3.38. The molecule has 2 amide bonds. The Morgan fingerprint density at radius 3 is 2.41 bits per heavy atom. The summed E-state index contributed by atoms with van der Waals surface area (Å²) in [5.74, 6) is 1.06. The summed E-state index contributed by atoms with van der Waals surface area (Å²) in [5, 5.41) is 5.95. The lowest BCUT2D eigenvalue weighted by atomic mass is 10.0. The van der Waals surface area contributed by atoms with Crippen LogP contribution in [0.4, 0.5) is 0 Å². The number of aromatic nitrogens is 2. The lowest BCUT2D eigenvalue weighted by Crippen LogP contribution is -2.37. The summed E-state index contributed by atoms with van der Waals surface area (Å²) in [6, 6.07) is 3.27. The Kier molecular flexibility index (Phi) is 9.49. The number of nitrogens with zero attached hydrogens (tertiary/aromatic N) is 2. The molecule has 0 unspecified atom stereocenters. The number of carbonyl (C=O) groups excluding carboxylic acids is 2. The number of carbonyl (C=O) groups is 2. The smallest absolute Gasteiger partial charge is 0.261 e. The minimum Gasteiger partial charge on any atom is -0.493 e. The standard InChI is InChI=1S/C23H34N4O5/c1-15(2)7-6-8-16(3)26-21(28)9-10-24-22(29)13-27-14-25-18-12-20(32-5)19(31-4)11-17(18)23(27)30/h11-12,14-16H,6-10,13H2,1-5H3,(H,24,29)(H,26,28)/t16-/m1/s1. The summed E-state index contributed by atoms with van der Waals surface area (Å²) >= 11 is 0. The molecule has 2 rings (SSSR count). The molecule has 2 N–H and O–H groups in total. The Morgan fingerprint density at radius 2 is 1.75 bits per heavy atom. The van der Waals surface area contributed by atoms with E-state index in [1.807, 2.05) is 6.92 Å². The highest BCUT2D eigenvalue weighted by Gasteiger charge is 2.13. The normalized spacial score (nSPS) is 11.9. The average Bonchev–Trinajstić information content (AvgIpc) is 2.74. The van der Waals surface area contributed by atoms with Gasteiger partial charge in [-0.3, -0.25) is 19.0 Å². The third kappa shape index (κ3) is 7.25. The molecule has 32 heavy (non-hydrogen) atoms. The fourth-order valence-corrected chi connectivity index (χ4v) is 3.38. The number of fused-ring (bicyclic) bond motifs is 1. The van der Waals surface area contributed by atoms with Gasteiger partial charge in [0.2, 0.25) is 11.8 Å².